The fraction of sp³-hybridized carbons (Fsp3) is 0. The molecule has 0 atom stereocenters. The van der Waals surface area contributed by atoms with Crippen molar-refractivity contribution in [1.82, 2.24) is 0 Å². The third-order valence-electron chi connectivity index (χ3n) is 8.00. The van der Waals surface area contributed by atoms with Crippen LogP contribution in [-0.2, 0) is 0 Å². The fourth-order valence-corrected chi connectivity index (χ4v) is 6.10. The lowest BCUT2D eigenvalue weighted by molar-refractivity contribution is 0.669. The Balaban J connectivity index is 1.49. The first kappa shape index (κ1) is 23.8. The first-order valence-electron chi connectivity index (χ1n) is 13.6. The maximum absolute atomic E-state index is 10.7. The van der Waals surface area contributed by atoms with Crippen LogP contribution in [0.25, 0.3) is 77.3 Å². The molecule has 0 aliphatic rings. The summed E-state index contributed by atoms with van der Waals surface area (Å²) in [4.78, 5) is 0. The van der Waals surface area contributed by atoms with E-state index in [1.165, 1.54) is 0 Å². The Kier molecular flexibility index (Phi) is 5.22. The zero-order valence-corrected chi connectivity index (χ0v) is 22.3. The van der Waals surface area contributed by atoms with Crippen LogP contribution in [0.4, 0.5) is 0 Å². The van der Waals surface area contributed by atoms with Gasteiger partial charge in [-0.05, 0) is 41.5 Å². The van der Waals surface area contributed by atoms with Crippen LogP contribution in [0.1, 0.15) is 11.1 Å². The smallest absolute Gasteiger partial charge is 0.143 e. The molecule has 0 saturated carbocycles. The van der Waals surface area contributed by atoms with Crippen molar-refractivity contribution in [3.63, 3.8) is 0 Å². The molecule has 2 aromatic heterocycles. The standard InChI is InChI=1S/C38H20N2O2/c39-21-32-30(23-9-2-1-3-10-23)20-31(24-17-18-27-25-11-4-6-15-34(25)41-36(27)19-24)33(22-40)37(32)29-14-8-13-28-26-12-5-7-16-35(26)42-38(28)29/h1-20H. The first-order chi connectivity index (χ1) is 20.7. The van der Waals surface area contributed by atoms with E-state index in [1.807, 2.05) is 121 Å². The number of nitriles is 2. The Bertz CT molecular complexity index is 2430. The Morgan fingerprint density at radius 1 is 0.429 bits per heavy atom. The Labute approximate surface area is 240 Å². The summed E-state index contributed by atoms with van der Waals surface area (Å²) in [6.45, 7) is 0. The quantitative estimate of drug-likeness (QED) is 0.225. The highest BCUT2D eigenvalue weighted by atomic mass is 16.3. The molecular formula is C38H20N2O2. The summed E-state index contributed by atoms with van der Waals surface area (Å²) in [6.07, 6.45) is 0. The van der Waals surface area contributed by atoms with Crippen molar-refractivity contribution >= 4 is 43.9 Å². The van der Waals surface area contributed by atoms with E-state index < -0.39 is 0 Å². The van der Waals surface area contributed by atoms with Gasteiger partial charge in [0.1, 0.15) is 34.5 Å². The minimum absolute atomic E-state index is 0.412. The van der Waals surface area contributed by atoms with Crippen LogP contribution in [0.15, 0.2) is 130 Å². The van der Waals surface area contributed by atoms with Gasteiger partial charge >= 0.3 is 0 Å². The van der Waals surface area contributed by atoms with E-state index in [0.29, 0.717) is 27.8 Å². The van der Waals surface area contributed by atoms with E-state index in [9.17, 15) is 10.5 Å². The molecule has 0 radical (unpaired) electrons. The van der Waals surface area contributed by atoms with Gasteiger partial charge in [-0.1, -0.05) is 91.0 Å². The van der Waals surface area contributed by atoms with Gasteiger partial charge in [-0.25, -0.2) is 0 Å². The van der Waals surface area contributed by atoms with E-state index in [0.717, 1.165) is 60.5 Å². The fourth-order valence-electron chi connectivity index (χ4n) is 6.10. The maximum atomic E-state index is 10.7. The predicted octanol–water partition coefficient (Wildman–Crippen LogP) is 10.2. The number of furan rings is 2. The highest BCUT2D eigenvalue weighted by Crippen LogP contribution is 2.45. The number of para-hydroxylation sites is 3. The molecule has 194 valence electrons. The number of hydrogen-bond acceptors (Lipinski definition) is 4. The number of benzene rings is 6. The molecule has 8 aromatic rings. The largest absolute Gasteiger partial charge is 0.456 e. The monoisotopic (exact) mass is 536 g/mol. The molecule has 6 aromatic carbocycles. The van der Waals surface area contributed by atoms with E-state index in [4.69, 9.17) is 8.83 Å². The average Bonchev–Trinajstić information content (AvgIpc) is 3.62. The van der Waals surface area contributed by atoms with Crippen molar-refractivity contribution in [2.45, 2.75) is 0 Å². The highest BCUT2D eigenvalue weighted by molar-refractivity contribution is 6.11. The average molecular weight is 537 g/mol. The molecule has 0 bridgehead atoms. The molecule has 0 saturated heterocycles. The van der Waals surface area contributed by atoms with E-state index >= 15 is 0 Å². The summed E-state index contributed by atoms with van der Waals surface area (Å²) in [5.74, 6) is 0. The van der Waals surface area contributed by atoms with Gasteiger partial charge in [0, 0.05) is 43.8 Å². The summed E-state index contributed by atoms with van der Waals surface area (Å²) in [7, 11) is 0. The molecule has 42 heavy (non-hydrogen) atoms. The topological polar surface area (TPSA) is 73.9 Å². The van der Waals surface area contributed by atoms with Crippen LogP contribution in [0.5, 0.6) is 0 Å². The Morgan fingerprint density at radius 3 is 1.76 bits per heavy atom. The van der Waals surface area contributed by atoms with Crippen LogP contribution in [0.3, 0.4) is 0 Å². The van der Waals surface area contributed by atoms with Crippen LogP contribution in [0.2, 0.25) is 0 Å². The molecule has 4 nitrogen and oxygen atoms in total. The molecular weight excluding hydrogens is 516 g/mol. The van der Waals surface area contributed by atoms with Crippen molar-refractivity contribution in [1.29, 1.82) is 10.5 Å². The molecule has 0 amide bonds. The second-order valence-corrected chi connectivity index (χ2v) is 10.3. The molecule has 0 N–H and O–H groups in total. The molecule has 0 spiro atoms. The third-order valence-corrected chi connectivity index (χ3v) is 8.00. The second kappa shape index (κ2) is 9.24. The van der Waals surface area contributed by atoms with Crippen molar-refractivity contribution in [2.24, 2.45) is 0 Å². The van der Waals surface area contributed by atoms with Gasteiger partial charge in [-0.15, -0.1) is 0 Å². The van der Waals surface area contributed by atoms with Gasteiger partial charge in [0.05, 0.1) is 11.1 Å². The van der Waals surface area contributed by atoms with Gasteiger partial charge in [-0.3, -0.25) is 0 Å². The summed E-state index contributed by atoms with van der Waals surface area (Å²) >= 11 is 0. The molecule has 0 aliphatic carbocycles. The third kappa shape index (κ3) is 3.47. The lowest BCUT2D eigenvalue weighted by Gasteiger charge is -2.17. The minimum atomic E-state index is 0.412. The van der Waals surface area contributed by atoms with E-state index in [1.54, 1.807) is 0 Å². The predicted molar refractivity (Wildman–Crippen MR) is 167 cm³/mol. The van der Waals surface area contributed by atoms with Crippen LogP contribution in [0, 0.1) is 22.7 Å². The summed E-state index contributed by atoms with van der Waals surface area (Å²) in [5, 5.41) is 25.3. The second-order valence-electron chi connectivity index (χ2n) is 10.3. The van der Waals surface area contributed by atoms with Gasteiger partial charge in [0.25, 0.3) is 0 Å². The number of hydrogen-bond donors (Lipinski definition) is 0. The molecule has 2 heterocycles. The maximum Gasteiger partial charge on any atom is 0.143 e. The number of nitrogens with zero attached hydrogens (tertiary/aromatic N) is 2. The number of rotatable bonds is 3. The normalized spacial score (nSPS) is 11.3. The molecule has 8 rings (SSSR count). The number of fused-ring (bicyclic) bond motifs is 6. The van der Waals surface area contributed by atoms with Gasteiger partial charge < -0.3 is 8.83 Å². The van der Waals surface area contributed by atoms with Crippen molar-refractivity contribution in [2.75, 3.05) is 0 Å². The zero-order chi connectivity index (χ0) is 28.2. The summed E-state index contributed by atoms with van der Waals surface area (Å²) < 4.78 is 12.6. The SMILES string of the molecule is N#Cc1c(-c2ccccc2)cc(-c2ccc3c(c2)oc2ccccc23)c(C#N)c1-c1cccc2c1oc1ccccc12. The first-order valence-corrected chi connectivity index (χ1v) is 13.6. The lowest BCUT2D eigenvalue weighted by atomic mass is 9.83. The molecule has 0 aliphatic heterocycles. The van der Waals surface area contributed by atoms with Crippen LogP contribution in [-0.4, -0.2) is 0 Å². The van der Waals surface area contributed by atoms with Crippen molar-refractivity contribution in [3.05, 3.63) is 132 Å². The van der Waals surface area contributed by atoms with Gasteiger partial charge in [0.2, 0.25) is 0 Å². The Morgan fingerprint density at radius 2 is 1.02 bits per heavy atom. The van der Waals surface area contributed by atoms with Gasteiger partial charge in [-0.2, -0.15) is 10.5 Å². The van der Waals surface area contributed by atoms with Crippen LogP contribution >= 0.6 is 0 Å². The molecule has 0 unspecified atom stereocenters. The molecule has 0 fully saturated rings. The summed E-state index contributed by atoms with van der Waals surface area (Å²) in [5.41, 5.74) is 8.26. The van der Waals surface area contributed by atoms with Crippen LogP contribution < -0.4 is 0 Å². The van der Waals surface area contributed by atoms with E-state index in [2.05, 4.69) is 12.1 Å². The van der Waals surface area contributed by atoms with E-state index in [-0.39, 0.29) is 0 Å². The lowest BCUT2D eigenvalue weighted by Crippen LogP contribution is -1.98. The Hall–Kier alpha value is -6.10. The zero-order valence-electron chi connectivity index (χ0n) is 22.3. The minimum Gasteiger partial charge on any atom is -0.456 e. The summed E-state index contributed by atoms with van der Waals surface area (Å²) in [6, 6.07) is 44.5. The molecule has 4 heteroatoms. The van der Waals surface area contributed by atoms with Crippen molar-refractivity contribution < 1.29 is 8.83 Å². The highest BCUT2D eigenvalue weighted by Gasteiger charge is 2.25. The van der Waals surface area contributed by atoms with Gasteiger partial charge in [0.15, 0.2) is 0 Å². The van der Waals surface area contributed by atoms with Crippen molar-refractivity contribution in [3.8, 4) is 45.5 Å².